The van der Waals surface area contributed by atoms with E-state index in [1.54, 1.807) is 24.7 Å². The zero-order valence-electron chi connectivity index (χ0n) is 11.8. The largest absolute Gasteiger partial charge is 0.472 e. The number of nitrogens with one attached hydrogen (secondary N) is 1. The summed E-state index contributed by atoms with van der Waals surface area (Å²) in [5, 5.41) is 3.47. The van der Waals surface area contributed by atoms with E-state index in [1.165, 1.54) is 12.0 Å². The minimum Gasteiger partial charge on any atom is -0.472 e. The molecule has 2 aromatic rings. The Morgan fingerprint density at radius 3 is 2.81 bits per heavy atom. The number of halogens is 1. The number of piperidine rings is 1. The number of benzene rings is 1. The van der Waals surface area contributed by atoms with Crippen LogP contribution < -0.4 is 5.32 Å². The number of furan rings is 1. The second kappa shape index (κ2) is 5.15. The van der Waals surface area contributed by atoms with Gasteiger partial charge in [-0.15, -0.1) is 0 Å². The third-order valence-electron chi connectivity index (χ3n) is 4.54. The summed E-state index contributed by atoms with van der Waals surface area (Å²) < 4.78 is 19.1. The highest BCUT2D eigenvalue weighted by Crippen LogP contribution is 2.37. The molecule has 1 aromatic carbocycles. The van der Waals surface area contributed by atoms with Crippen molar-refractivity contribution in [3.8, 4) is 11.1 Å². The van der Waals surface area contributed by atoms with E-state index in [0.717, 1.165) is 36.2 Å². The van der Waals surface area contributed by atoms with E-state index in [4.69, 9.17) is 4.42 Å². The maximum absolute atomic E-state index is 14.0. The van der Waals surface area contributed by atoms with Crippen molar-refractivity contribution in [2.45, 2.75) is 12.8 Å². The summed E-state index contributed by atoms with van der Waals surface area (Å²) >= 11 is 0. The fraction of sp³-hybridized carbons (Fsp3) is 0.333. The molecule has 21 heavy (non-hydrogen) atoms. The zero-order valence-corrected chi connectivity index (χ0v) is 11.8. The number of hydrogen-bond donors (Lipinski definition) is 1. The van der Waals surface area contributed by atoms with Gasteiger partial charge in [0.25, 0.3) is 0 Å². The summed E-state index contributed by atoms with van der Waals surface area (Å²) in [6.45, 7) is 2.13. The van der Waals surface area contributed by atoms with Crippen LogP contribution in [0.25, 0.3) is 16.7 Å². The van der Waals surface area contributed by atoms with Crippen LogP contribution in [0.15, 0.2) is 47.3 Å². The van der Waals surface area contributed by atoms with Crippen LogP contribution in [-0.2, 0) is 0 Å². The molecule has 2 atom stereocenters. The molecular formula is C18H18FNO. The molecule has 0 amide bonds. The molecule has 1 aromatic heterocycles. The fourth-order valence-electron chi connectivity index (χ4n) is 3.60. The van der Waals surface area contributed by atoms with Crippen molar-refractivity contribution in [1.29, 1.82) is 0 Å². The van der Waals surface area contributed by atoms with Crippen molar-refractivity contribution < 1.29 is 8.81 Å². The lowest BCUT2D eigenvalue weighted by molar-refractivity contribution is 0.317. The minimum absolute atomic E-state index is 0.182. The molecule has 2 aliphatic rings. The van der Waals surface area contributed by atoms with Gasteiger partial charge < -0.3 is 9.73 Å². The fourth-order valence-corrected chi connectivity index (χ4v) is 3.60. The molecule has 1 aliphatic carbocycles. The molecule has 3 heteroatoms. The van der Waals surface area contributed by atoms with Gasteiger partial charge in [0, 0.05) is 12.1 Å². The van der Waals surface area contributed by atoms with Crippen LogP contribution in [0.4, 0.5) is 4.39 Å². The Balaban J connectivity index is 1.73. The van der Waals surface area contributed by atoms with Crippen molar-refractivity contribution in [2.24, 2.45) is 11.8 Å². The third-order valence-corrected chi connectivity index (χ3v) is 4.54. The molecular weight excluding hydrogens is 265 g/mol. The van der Waals surface area contributed by atoms with Crippen LogP contribution in [0.2, 0.25) is 0 Å². The second-order valence-electron chi connectivity index (χ2n) is 6.16. The molecule has 1 aliphatic heterocycles. The Morgan fingerprint density at radius 2 is 2.00 bits per heavy atom. The summed E-state index contributed by atoms with van der Waals surface area (Å²) in [7, 11) is 0. The van der Waals surface area contributed by atoms with Gasteiger partial charge in [-0.3, -0.25) is 0 Å². The monoisotopic (exact) mass is 283 g/mol. The van der Waals surface area contributed by atoms with Gasteiger partial charge in [0.2, 0.25) is 0 Å². The lowest BCUT2D eigenvalue weighted by Gasteiger charge is -2.34. The Kier molecular flexibility index (Phi) is 3.15. The number of hydrogen-bond acceptors (Lipinski definition) is 2. The minimum atomic E-state index is -0.182. The highest BCUT2D eigenvalue weighted by atomic mass is 19.1. The Labute approximate surface area is 123 Å². The van der Waals surface area contributed by atoms with E-state index in [1.807, 2.05) is 6.07 Å². The van der Waals surface area contributed by atoms with E-state index in [9.17, 15) is 4.39 Å². The smallest absolute Gasteiger partial charge is 0.124 e. The van der Waals surface area contributed by atoms with Crippen LogP contribution in [0.5, 0.6) is 0 Å². The Morgan fingerprint density at radius 1 is 1.10 bits per heavy atom. The van der Waals surface area contributed by atoms with Crippen molar-refractivity contribution in [1.82, 2.24) is 5.32 Å². The average Bonchev–Trinajstić information content (AvgIpc) is 3.00. The first-order valence-corrected chi connectivity index (χ1v) is 7.53. The van der Waals surface area contributed by atoms with Crippen molar-refractivity contribution in [3.05, 3.63) is 54.2 Å². The maximum atomic E-state index is 14.0. The zero-order chi connectivity index (χ0) is 14.2. The number of rotatable bonds is 2. The number of allylic oxidation sites excluding steroid dienone is 1. The molecule has 2 bridgehead atoms. The van der Waals surface area contributed by atoms with Crippen LogP contribution in [0.3, 0.4) is 0 Å². The van der Waals surface area contributed by atoms with Gasteiger partial charge in [-0.1, -0.05) is 6.08 Å². The normalized spacial score (nSPS) is 24.7. The van der Waals surface area contributed by atoms with Crippen LogP contribution in [-0.4, -0.2) is 13.1 Å². The molecule has 1 fully saturated rings. The second-order valence-corrected chi connectivity index (χ2v) is 6.16. The molecule has 1 saturated heterocycles. The first kappa shape index (κ1) is 12.8. The van der Waals surface area contributed by atoms with E-state index in [2.05, 4.69) is 17.5 Å². The summed E-state index contributed by atoms with van der Waals surface area (Å²) in [5.41, 5.74) is 4.12. The predicted molar refractivity (Wildman–Crippen MR) is 81.2 cm³/mol. The van der Waals surface area contributed by atoms with E-state index in [-0.39, 0.29) is 5.82 Å². The third kappa shape index (κ3) is 2.54. The van der Waals surface area contributed by atoms with E-state index in [0.29, 0.717) is 11.8 Å². The maximum Gasteiger partial charge on any atom is 0.124 e. The first-order chi connectivity index (χ1) is 10.3. The molecule has 0 unspecified atom stereocenters. The molecule has 0 spiro atoms. The van der Waals surface area contributed by atoms with Crippen molar-refractivity contribution in [2.75, 3.05) is 13.1 Å². The topological polar surface area (TPSA) is 25.2 Å². The predicted octanol–water partition coefficient (Wildman–Crippen LogP) is 4.10. The molecule has 0 saturated carbocycles. The standard InChI is InChI=1S/C18H18FNO/c19-18-7-16(14-1-2-21-11-14)6-17(8-18)15-4-12-3-13(5-15)10-20-9-12/h1-2,4,6-8,11-13,20H,3,5,9-10H2/t12-,13+/m0/s1. The van der Waals surface area contributed by atoms with Gasteiger partial charge in [0.1, 0.15) is 5.82 Å². The van der Waals surface area contributed by atoms with Crippen LogP contribution in [0.1, 0.15) is 18.4 Å². The van der Waals surface area contributed by atoms with Gasteiger partial charge >= 0.3 is 0 Å². The van der Waals surface area contributed by atoms with E-state index >= 15 is 0 Å². The lowest BCUT2D eigenvalue weighted by atomic mass is 9.77. The van der Waals surface area contributed by atoms with Gasteiger partial charge in [-0.25, -0.2) is 4.39 Å². The highest BCUT2D eigenvalue weighted by Gasteiger charge is 2.26. The van der Waals surface area contributed by atoms with Crippen LogP contribution >= 0.6 is 0 Å². The highest BCUT2D eigenvalue weighted by molar-refractivity contribution is 5.73. The Bertz CT molecular complexity index is 675. The van der Waals surface area contributed by atoms with Crippen LogP contribution in [0, 0.1) is 17.7 Å². The average molecular weight is 283 g/mol. The molecule has 1 N–H and O–H groups in total. The summed E-state index contributed by atoms with van der Waals surface area (Å²) in [5.74, 6) is 1.09. The molecule has 2 heterocycles. The summed E-state index contributed by atoms with van der Waals surface area (Å²) in [6, 6.07) is 7.17. The van der Waals surface area contributed by atoms with E-state index < -0.39 is 0 Å². The lowest BCUT2D eigenvalue weighted by Crippen LogP contribution is -2.37. The first-order valence-electron chi connectivity index (χ1n) is 7.53. The number of fused-ring (bicyclic) bond motifs is 2. The molecule has 108 valence electrons. The SMILES string of the molecule is Fc1cc(C2=C[C@H]3CNC[C@@H](C2)C3)cc(-c2ccoc2)c1. The van der Waals surface area contributed by atoms with Crippen molar-refractivity contribution >= 4 is 5.57 Å². The molecule has 0 radical (unpaired) electrons. The van der Waals surface area contributed by atoms with Gasteiger partial charge in [0.15, 0.2) is 0 Å². The summed E-state index contributed by atoms with van der Waals surface area (Å²) in [6.07, 6.45) is 7.91. The van der Waals surface area contributed by atoms with Gasteiger partial charge in [0.05, 0.1) is 12.5 Å². The summed E-state index contributed by atoms with van der Waals surface area (Å²) in [4.78, 5) is 0. The van der Waals surface area contributed by atoms with Crippen molar-refractivity contribution in [3.63, 3.8) is 0 Å². The Hall–Kier alpha value is -1.87. The van der Waals surface area contributed by atoms with Gasteiger partial charge in [-0.2, -0.15) is 0 Å². The molecule has 4 rings (SSSR count). The van der Waals surface area contributed by atoms with Gasteiger partial charge in [-0.05, 0) is 72.2 Å². The quantitative estimate of drug-likeness (QED) is 0.897. The molecule has 2 nitrogen and oxygen atoms in total.